The molecule has 170 valence electrons. The summed E-state index contributed by atoms with van der Waals surface area (Å²) in [6.45, 7) is -0.144. The van der Waals surface area contributed by atoms with E-state index in [9.17, 15) is 27.6 Å². The smallest absolute Gasteiger partial charge is 0.424 e. The predicted molar refractivity (Wildman–Crippen MR) is 114 cm³/mol. The molecule has 8 nitrogen and oxygen atoms in total. The fraction of sp³-hybridized carbons (Fsp3) is 0.100. The molecule has 2 heterocycles. The van der Waals surface area contributed by atoms with Gasteiger partial charge in [0.15, 0.2) is 0 Å². The molecule has 1 aromatic heterocycles. The average molecular weight is 497 g/mol. The first-order valence-corrected chi connectivity index (χ1v) is 10.3. The highest BCUT2D eigenvalue weighted by Gasteiger charge is 2.37. The summed E-state index contributed by atoms with van der Waals surface area (Å²) in [5.41, 5.74) is 1.94. The molecule has 1 saturated heterocycles. The highest BCUT2D eigenvalue weighted by molar-refractivity contribution is 8.18. The van der Waals surface area contributed by atoms with E-state index < -0.39 is 29.0 Å². The van der Waals surface area contributed by atoms with Crippen LogP contribution in [0, 0.1) is 0 Å². The van der Waals surface area contributed by atoms with Crippen LogP contribution in [0.1, 0.15) is 16.7 Å². The van der Waals surface area contributed by atoms with Gasteiger partial charge >= 0.3 is 17.5 Å². The van der Waals surface area contributed by atoms with Crippen molar-refractivity contribution in [1.82, 2.24) is 20.2 Å². The molecule has 33 heavy (non-hydrogen) atoms. The Balaban J connectivity index is 1.62. The van der Waals surface area contributed by atoms with E-state index in [4.69, 9.17) is 16.7 Å². The van der Waals surface area contributed by atoms with E-state index >= 15 is 0 Å². The van der Waals surface area contributed by atoms with Gasteiger partial charge in [0.05, 0.1) is 28.7 Å². The molecule has 0 unspecified atom stereocenters. The quantitative estimate of drug-likeness (QED) is 0.494. The summed E-state index contributed by atoms with van der Waals surface area (Å²) in [5, 5.41) is 13.1. The van der Waals surface area contributed by atoms with Crippen molar-refractivity contribution in [2.75, 3.05) is 0 Å². The van der Waals surface area contributed by atoms with Crippen molar-refractivity contribution in [3.8, 4) is 0 Å². The van der Waals surface area contributed by atoms with Gasteiger partial charge < -0.3 is 5.11 Å². The number of fused-ring (bicyclic) bond motifs is 1. The third-order valence-electron chi connectivity index (χ3n) is 4.66. The van der Waals surface area contributed by atoms with Gasteiger partial charge in [0.25, 0.3) is 5.91 Å². The molecule has 1 aliphatic rings. The summed E-state index contributed by atoms with van der Waals surface area (Å²) in [7, 11) is 0. The zero-order valence-electron chi connectivity index (χ0n) is 16.3. The Kier molecular flexibility index (Phi) is 5.80. The van der Waals surface area contributed by atoms with Crippen molar-refractivity contribution in [2.45, 2.75) is 12.7 Å². The SMILES string of the molecule is O=C(O)NN1C(=O)SC(=Cc2ccc3c(cnn3Cc3ccc(Cl)cc3C(F)(F)F)c2)C1=O. The highest BCUT2D eigenvalue weighted by Crippen LogP contribution is 2.35. The number of hydrogen-bond donors (Lipinski definition) is 2. The number of carboxylic acid groups (broad SMARTS) is 1. The van der Waals surface area contributed by atoms with Crippen LogP contribution in [-0.4, -0.2) is 37.1 Å². The maximum atomic E-state index is 13.4. The van der Waals surface area contributed by atoms with Gasteiger partial charge in [-0.1, -0.05) is 23.7 Å². The maximum absolute atomic E-state index is 13.4. The first-order valence-electron chi connectivity index (χ1n) is 9.11. The third kappa shape index (κ3) is 4.66. The zero-order chi connectivity index (χ0) is 23.9. The lowest BCUT2D eigenvalue weighted by Crippen LogP contribution is -2.44. The molecule has 0 saturated carbocycles. The van der Waals surface area contributed by atoms with Crippen molar-refractivity contribution >= 4 is 57.6 Å². The molecular formula is C20H12ClF3N4O4S. The molecular weight excluding hydrogens is 485 g/mol. The minimum atomic E-state index is -4.57. The number of carbonyl (C=O) groups excluding carboxylic acids is 2. The number of imide groups is 1. The van der Waals surface area contributed by atoms with Crippen molar-refractivity contribution in [1.29, 1.82) is 0 Å². The molecule has 0 atom stereocenters. The van der Waals surface area contributed by atoms with E-state index in [2.05, 4.69) is 5.10 Å². The number of rotatable bonds is 4. The van der Waals surface area contributed by atoms with Gasteiger partial charge in [-0.05, 0) is 53.2 Å². The maximum Gasteiger partial charge on any atom is 0.424 e. The monoisotopic (exact) mass is 496 g/mol. The lowest BCUT2D eigenvalue weighted by atomic mass is 10.1. The molecule has 2 aromatic carbocycles. The summed E-state index contributed by atoms with van der Waals surface area (Å²) in [5.74, 6) is -0.814. The Morgan fingerprint density at radius 1 is 1.21 bits per heavy atom. The second-order valence-corrected chi connectivity index (χ2v) is 8.28. The number of halogens is 4. The number of nitrogens with zero attached hydrogens (tertiary/aromatic N) is 3. The fourth-order valence-corrected chi connectivity index (χ4v) is 4.20. The van der Waals surface area contributed by atoms with Crippen LogP contribution in [-0.2, 0) is 17.5 Å². The minimum absolute atomic E-state index is 0.000538. The Labute approximate surface area is 192 Å². The molecule has 4 rings (SSSR count). The van der Waals surface area contributed by atoms with Crippen molar-refractivity contribution in [2.24, 2.45) is 0 Å². The minimum Gasteiger partial charge on any atom is -0.464 e. The number of nitrogens with one attached hydrogen (secondary N) is 1. The largest absolute Gasteiger partial charge is 0.464 e. The normalized spacial score (nSPS) is 15.6. The van der Waals surface area contributed by atoms with Gasteiger partial charge in [0.1, 0.15) is 0 Å². The van der Waals surface area contributed by atoms with Crippen LogP contribution < -0.4 is 5.43 Å². The van der Waals surface area contributed by atoms with Crippen LogP contribution in [0.4, 0.5) is 22.8 Å². The number of hydrazine groups is 1. The topological polar surface area (TPSA) is 105 Å². The summed E-state index contributed by atoms with van der Waals surface area (Å²) in [4.78, 5) is 34.8. The van der Waals surface area contributed by atoms with E-state index in [1.54, 1.807) is 23.6 Å². The second kappa shape index (κ2) is 8.45. The number of thioether (sulfide) groups is 1. The van der Waals surface area contributed by atoms with Crippen LogP contribution in [0.2, 0.25) is 5.02 Å². The van der Waals surface area contributed by atoms with Gasteiger partial charge in [-0.3, -0.25) is 14.3 Å². The Morgan fingerprint density at radius 2 is 1.97 bits per heavy atom. The van der Waals surface area contributed by atoms with Gasteiger partial charge in [-0.25, -0.2) is 10.2 Å². The number of carbonyl (C=O) groups is 3. The van der Waals surface area contributed by atoms with E-state index in [0.717, 1.165) is 6.07 Å². The first kappa shape index (κ1) is 22.7. The Morgan fingerprint density at radius 3 is 2.67 bits per heavy atom. The van der Waals surface area contributed by atoms with E-state index in [-0.39, 0.29) is 22.0 Å². The van der Waals surface area contributed by atoms with Gasteiger partial charge in [0.2, 0.25) is 0 Å². The van der Waals surface area contributed by atoms with Gasteiger partial charge in [-0.15, -0.1) is 0 Å². The molecule has 1 aliphatic heterocycles. The number of aromatic nitrogens is 2. The van der Waals surface area contributed by atoms with E-state index in [1.165, 1.54) is 29.1 Å². The molecule has 0 spiro atoms. The van der Waals surface area contributed by atoms with Crippen molar-refractivity contribution < 1.29 is 32.7 Å². The summed E-state index contributed by atoms with van der Waals surface area (Å²) >= 11 is 6.30. The molecule has 3 aromatic rings. The molecule has 13 heteroatoms. The van der Waals surface area contributed by atoms with Crippen molar-refractivity contribution in [3.05, 3.63) is 69.2 Å². The highest BCUT2D eigenvalue weighted by atomic mass is 35.5. The lowest BCUT2D eigenvalue weighted by Gasteiger charge is -2.14. The number of amides is 3. The predicted octanol–water partition coefficient (Wildman–Crippen LogP) is 4.98. The Bertz CT molecular complexity index is 1340. The lowest BCUT2D eigenvalue weighted by molar-refractivity contribution is -0.138. The standard InChI is InChI=1S/C20H12ClF3N4O4S/c21-13-3-2-11(14(7-13)20(22,23)24)9-27-15-4-1-10(5-12(15)8-25-27)6-16-17(29)28(19(32)33-16)26-18(30)31/h1-8,26H,9H2,(H,30,31). The average Bonchev–Trinajstić information content (AvgIpc) is 3.24. The van der Waals surface area contributed by atoms with Crippen LogP contribution in [0.5, 0.6) is 0 Å². The second-order valence-electron chi connectivity index (χ2n) is 6.85. The number of hydrogen-bond acceptors (Lipinski definition) is 5. The number of alkyl halides is 3. The van der Waals surface area contributed by atoms with Crippen LogP contribution in [0.3, 0.4) is 0 Å². The van der Waals surface area contributed by atoms with E-state index in [0.29, 0.717) is 33.2 Å². The molecule has 0 bridgehead atoms. The van der Waals surface area contributed by atoms with E-state index in [1.807, 2.05) is 0 Å². The van der Waals surface area contributed by atoms with Crippen LogP contribution in [0.15, 0.2) is 47.5 Å². The number of benzene rings is 2. The van der Waals surface area contributed by atoms with Crippen LogP contribution >= 0.6 is 23.4 Å². The summed E-state index contributed by atoms with van der Waals surface area (Å²) < 4.78 is 41.6. The molecule has 0 radical (unpaired) electrons. The Hall–Kier alpha value is -3.51. The van der Waals surface area contributed by atoms with Gasteiger partial charge in [-0.2, -0.15) is 23.3 Å². The molecule has 0 aliphatic carbocycles. The van der Waals surface area contributed by atoms with Crippen LogP contribution in [0.25, 0.3) is 17.0 Å². The fourth-order valence-electron chi connectivity index (χ4n) is 3.24. The summed E-state index contributed by atoms with van der Waals surface area (Å²) in [6.07, 6.45) is -3.25. The van der Waals surface area contributed by atoms with Crippen molar-refractivity contribution in [3.63, 3.8) is 0 Å². The van der Waals surface area contributed by atoms with Gasteiger partial charge in [0, 0.05) is 10.4 Å². The molecule has 2 N–H and O–H groups in total. The zero-order valence-corrected chi connectivity index (χ0v) is 17.8. The molecule has 3 amide bonds. The summed E-state index contributed by atoms with van der Waals surface area (Å²) in [6, 6.07) is 8.41. The third-order valence-corrected chi connectivity index (χ3v) is 5.77. The molecule has 1 fully saturated rings. The first-order chi connectivity index (χ1) is 15.5.